The van der Waals surface area contributed by atoms with Crippen LogP contribution >= 0.6 is 0 Å². The van der Waals surface area contributed by atoms with E-state index in [1.54, 1.807) is 6.20 Å². The minimum absolute atomic E-state index is 0.0995. The second-order valence-electron chi connectivity index (χ2n) is 3.73. The van der Waals surface area contributed by atoms with E-state index in [9.17, 15) is 0 Å². The molecule has 1 aliphatic rings. The van der Waals surface area contributed by atoms with E-state index in [2.05, 4.69) is 11.2 Å². The molecule has 4 heteroatoms. The molecule has 0 spiro atoms. The normalized spacial score (nSPS) is 19.0. The highest BCUT2D eigenvalue weighted by Gasteiger charge is 2.26. The third-order valence-corrected chi connectivity index (χ3v) is 2.56. The summed E-state index contributed by atoms with van der Waals surface area (Å²) >= 11 is 0. The van der Waals surface area contributed by atoms with E-state index in [0.717, 1.165) is 5.69 Å². The zero-order valence-electron chi connectivity index (χ0n) is 9.33. The van der Waals surface area contributed by atoms with Gasteiger partial charge in [0.25, 0.3) is 0 Å². The molecular weight excluding hydrogens is 216 g/mol. The van der Waals surface area contributed by atoms with Gasteiger partial charge in [-0.15, -0.1) is 0 Å². The number of anilines is 1. The molecule has 1 aliphatic heterocycles. The highest BCUT2D eigenvalue weighted by atomic mass is 16.5. The van der Waals surface area contributed by atoms with Crippen LogP contribution in [0, 0.1) is 6.20 Å². The second kappa shape index (κ2) is 3.97. The molecule has 1 atom stereocenters. The molecule has 1 radical (unpaired) electrons. The van der Waals surface area contributed by atoms with Crippen molar-refractivity contribution in [3.8, 4) is 0 Å². The molecule has 1 unspecified atom stereocenters. The van der Waals surface area contributed by atoms with Gasteiger partial charge in [-0.2, -0.15) is 0 Å². The van der Waals surface area contributed by atoms with Gasteiger partial charge in [0.15, 0.2) is 24.1 Å². The van der Waals surface area contributed by atoms with Crippen LogP contribution < -0.4 is 4.90 Å². The Morgan fingerprint density at radius 1 is 1.29 bits per heavy atom. The third-order valence-electron chi connectivity index (χ3n) is 2.56. The van der Waals surface area contributed by atoms with Crippen molar-refractivity contribution in [1.29, 1.82) is 0 Å². The van der Waals surface area contributed by atoms with Crippen LogP contribution in [0.4, 0.5) is 5.69 Å². The average Bonchev–Trinajstić information content (AvgIpc) is 2.99. The van der Waals surface area contributed by atoms with Crippen LogP contribution in [0.1, 0.15) is 12.7 Å². The topological polar surface area (TPSA) is 38.5 Å². The summed E-state index contributed by atoms with van der Waals surface area (Å²) in [4.78, 5) is 5.79. The van der Waals surface area contributed by atoms with Crippen molar-refractivity contribution in [2.75, 3.05) is 4.90 Å². The highest BCUT2D eigenvalue weighted by molar-refractivity contribution is 5.61. The average molecular weight is 227 g/mol. The van der Waals surface area contributed by atoms with Crippen LogP contribution in [0.5, 0.6) is 0 Å². The largest absolute Gasteiger partial charge is 0.464 e. The first-order valence-electron chi connectivity index (χ1n) is 5.38. The Hall–Kier alpha value is -2.23. The van der Waals surface area contributed by atoms with E-state index < -0.39 is 0 Å². The molecule has 2 heterocycles. The quantitative estimate of drug-likeness (QED) is 0.790. The maximum absolute atomic E-state index is 5.67. The van der Waals surface area contributed by atoms with Crippen molar-refractivity contribution in [3.05, 3.63) is 54.9 Å². The number of ether oxygens (including phenoxy) is 1. The van der Waals surface area contributed by atoms with Crippen LogP contribution in [-0.2, 0) is 4.74 Å². The Balaban J connectivity index is 1.92. The zero-order valence-corrected chi connectivity index (χ0v) is 9.33. The Bertz CT molecular complexity index is 520. The Labute approximate surface area is 99.1 Å². The number of rotatable bonds is 2. The number of hydrogen-bond donors (Lipinski definition) is 0. The Kier molecular flexibility index (Phi) is 2.33. The second-order valence-corrected chi connectivity index (χ2v) is 3.73. The minimum atomic E-state index is -0.0995. The smallest absolute Gasteiger partial charge is 0.192 e. The fraction of sp³-hybridized carbons (Fsp3) is 0.154. The fourth-order valence-corrected chi connectivity index (χ4v) is 1.75. The molecule has 0 N–H and O–H groups in total. The van der Waals surface area contributed by atoms with Crippen LogP contribution in [-0.4, -0.2) is 11.2 Å². The van der Waals surface area contributed by atoms with Crippen molar-refractivity contribution in [2.24, 2.45) is 0 Å². The standard InChI is InChI=1S/C13H11N2O2/c1-10-15(11-5-3-2-4-6-11)8-13(17-10)12-7-14-9-16-12/h2-7,9-10H,1H3. The number of aromatic nitrogens is 1. The van der Waals surface area contributed by atoms with Crippen molar-refractivity contribution in [3.63, 3.8) is 0 Å². The van der Waals surface area contributed by atoms with Crippen LogP contribution in [0.3, 0.4) is 0 Å². The summed E-state index contributed by atoms with van der Waals surface area (Å²) in [7, 11) is 0. The van der Waals surface area contributed by atoms with E-state index in [1.807, 2.05) is 42.2 Å². The van der Waals surface area contributed by atoms with Gasteiger partial charge >= 0.3 is 0 Å². The molecule has 3 rings (SSSR count). The molecule has 1 aromatic heterocycles. The number of nitrogens with zero attached hydrogens (tertiary/aromatic N) is 2. The number of para-hydroxylation sites is 1. The Morgan fingerprint density at radius 3 is 2.82 bits per heavy atom. The zero-order chi connectivity index (χ0) is 11.7. The first-order valence-corrected chi connectivity index (χ1v) is 5.38. The van der Waals surface area contributed by atoms with Crippen LogP contribution in [0.15, 0.2) is 47.3 Å². The van der Waals surface area contributed by atoms with E-state index in [1.165, 1.54) is 6.39 Å². The maximum atomic E-state index is 5.67. The lowest BCUT2D eigenvalue weighted by Crippen LogP contribution is -2.24. The minimum Gasteiger partial charge on any atom is -0.464 e. The molecule has 17 heavy (non-hydrogen) atoms. The predicted molar refractivity (Wildman–Crippen MR) is 62.6 cm³/mol. The monoisotopic (exact) mass is 227 g/mol. The van der Waals surface area contributed by atoms with Gasteiger partial charge in [0.1, 0.15) is 6.20 Å². The number of hydrogen-bond acceptors (Lipinski definition) is 4. The van der Waals surface area contributed by atoms with Crippen molar-refractivity contribution < 1.29 is 9.15 Å². The number of oxazole rings is 1. The van der Waals surface area contributed by atoms with Gasteiger partial charge in [0, 0.05) is 5.69 Å². The number of benzene rings is 1. The lowest BCUT2D eigenvalue weighted by atomic mass is 10.3. The molecule has 0 saturated heterocycles. The maximum Gasteiger partial charge on any atom is 0.192 e. The molecule has 0 bridgehead atoms. The Morgan fingerprint density at radius 2 is 2.12 bits per heavy atom. The van der Waals surface area contributed by atoms with Crippen molar-refractivity contribution in [2.45, 2.75) is 13.2 Å². The van der Waals surface area contributed by atoms with Gasteiger partial charge in [-0.3, -0.25) is 0 Å². The van der Waals surface area contributed by atoms with Gasteiger partial charge in [0.05, 0.1) is 6.20 Å². The summed E-state index contributed by atoms with van der Waals surface area (Å²) in [5, 5.41) is 0. The van der Waals surface area contributed by atoms with E-state index in [0.29, 0.717) is 11.5 Å². The molecule has 85 valence electrons. The predicted octanol–water partition coefficient (Wildman–Crippen LogP) is 2.66. The summed E-state index contributed by atoms with van der Waals surface area (Å²) in [6, 6.07) is 9.96. The molecule has 0 fully saturated rings. The molecule has 4 nitrogen and oxygen atoms in total. The fourth-order valence-electron chi connectivity index (χ4n) is 1.75. The molecule has 0 amide bonds. The first-order chi connectivity index (χ1) is 8.34. The SMILES string of the molecule is CC1OC(c2cnco2)=[C]N1c1ccccc1. The lowest BCUT2D eigenvalue weighted by Gasteiger charge is -2.19. The van der Waals surface area contributed by atoms with Crippen LogP contribution in [0.25, 0.3) is 5.76 Å². The van der Waals surface area contributed by atoms with Gasteiger partial charge in [-0.05, 0) is 19.1 Å². The highest BCUT2D eigenvalue weighted by Crippen LogP contribution is 2.29. The molecular formula is C13H11N2O2. The molecule has 1 aromatic carbocycles. The van der Waals surface area contributed by atoms with E-state index >= 15 is 0 Å². The summed E-state index contributed by atoms with van der Waals surface area (Å²) < 4.78 is 10.9. The van der Waals surface area contributed by atoms with E-state index in [-0.39, 0.29) is 6.23 Å². The molecule has 0 aliphatic carbocycles. The van der Waals surface area contributed by atoms with Gasteiger partial charge in [-0.1, -0.05) is 18.2 Å². The lowest BCUT2D eigenvalue weighted by molar-refractivity contribution is 0.206. The first kappa shape index (κ1) is 9.96. The molecule has 2 aromatic rings. The summed E-state index contributed by atoms with van der Waals surface area (Å²) in [5.41, 5.74) is 1.04. The molecule has 0 saturated carbocycles. The summed E-state index contributed by atoms with van der Waals surface area (Å²) in [5.74, 6) is 1.18. The van der Waals surface area contributed by atoms with Gasteiger partial charge in [-0.25, -0.2) is 4.98 Å². The third kappa shape index (κ3) is 1.78. The van der Waals surface area contributed by atoms with Crippen molar-refractivity contribution in [1.82, 2.24) is 4.98 Å². The van der Waals surface area contributed by atoms with Crippen molar-refractivity contribution >= 4 is 11.4 Å². The summed E-state index contributed by atoms with van der Waals surface area (Å²) in [6.45, 7) is 1.96. The van der Waals surface area contributed by atoms with Gasteiger partial charge in [0.2, 0.25) is 0 Å². The van der Waals surface area contributed by atoms with E-state index in [4.69, 9.17) is 9.15 Å². The van der Waals surface area contributed by atoms with Gasteiger partial charge < -0.3 is 14.1 Å². The summed E-state index contributed by atoms with van der Waals surface area (Å²) in [6.07, 6.45) is 6.05. The van der Waals surface area contributed by atoms with Crippen LogP contribution in [0.2, 0.25) is 0 Å².